The monoisotopic (exact) mass is 607 g/mol. The molecule has 43 heavy (non-hydrogen) atoms. The molecule has 0 unspecified atom stereocenters. The fourth-order valence-electron chi connectivity index (χ4n) is 4.99. The van der Waals surface area contributed by atoms with E-state index in [4.69, 9.17) is 0 Å². The van der Waals surface area contributed by atoms with Gasteiger partial charge in [-0.2, -0.15) is 13.2 Å². The Morgan fingerprint density at radius 3 is 2.21 bits per heavy atom. The van der Waals surface area contributed by atoms with E-state index in [1.54, 1.807) is 62.6 Å². The largest absolute Gasteiger partial charge is 0.416 e. The number of hydrogen-bond donors (Lipinski definition) is 1. The highest BCUT2D eigenvalue weighted by Crippen LogP contribution is 2.38. The van der Waals surface area contributed by atoms with Gasteiger partial charge in [-0.1, -0.05) is 54.6 Å². The molecule has 7 nitrogen and oxygen atoms in total. The summed E-state index contributed by atoms with van der Waals surface area (Å²) in [4.78, 5) is 26.9. The van der Waals surface area contributed by atoms with Crippen LogP contribution in [-0.2, 0) is 34.0 Å². The van der Waals surface area contributed by atoms with Gasteiger partial charge >= 0.3 is 6.18 Å². The predicted octanol–water partition coefficient (Wildman–Crippen LogP) is 5.51. The molecule has 0 bridgehead atoms. The van der Waals surface area contributed by atoms with E-state index in [1.165, 1.54) is 41.3 Å². The van der Waals surface area contributed by atoms with Gasteiger partial charge in [0.1, 0.15) is 6.04 Å². The van der Waals surface area contributed by atoms with Crippen LogP contribution < -0.4 is 9.62 Å². The van der Waals surface area contributed by atoms with Crippen LogP contribution in [0.4, 0.5) is 18.9 Å². The first kappa shape index (κ1) is 29.8. The molecule has 0 spiro atoms. The quantitative estimate of drug-likeness (QED) is 0.300. The maximum atomic E-state index is 13.9. The minimum Gasteiger partial charge on any atom is -0.350 e. The van der Waals surface area contributed by atoms with Gasteiger partial charge in [0.05, 0.1) is 16.1 Å². The van der Waals surface area contributed by atoms with E-state index >= 15 is 0 Å². The van der Waals surface area contributed by atoms with Crippen molar-refractivity contribution in [1.82, 2.24) is 10.2 Å². The van der Waals surface area contributed by atoms with Gasteiger partial charge < -0.3 is 10.2 Å². The molecule has 5 rings (SSSR count). The van der Waals surface area contributed by atoms with Gasteiger partial charge in [-0.05, 0) is 64.7 Å². The molecule has 11 heteroatoms. The molecule has 1 aliphatic heterocycles. The lowest BCUT2D eigenvalue weighted by Crippen LogP contribution is -2.47. The molecule has 222 valence electrons. The van der Waals surface area contributed by atoms with Gasteiger partial charge in [0, 0.05) is 32.6 Å². The van der Waals surface area contributed by atoms with Crippen LogP contribution in [0.25, 0.3) is 11.1 Å². The minimum atomic E-state index is -4.51. The van der Waals surface area contributed by atoms with E-state index in [2.05, 4.69) is 5.32 Å². The standard InChI is InChI=1S/C32H28F3N3O4S/c1-37(2)31(40)23-12-10-21(11-13-23)20-36-30(39)29-19-25-6-3-4-9-28(25)38(29)43(41,42)27-16-14-22(15-17-27)24-7-5-8-26(18-24)32(33,34)35/h3-18,29H,19-20H2,1-2H3,(H,36,39)/t29-/m0/s1. The SMILES string of the molecule is CN(C)C(=O)c1ccc(CNC(=O)[C@@H]2Cc3ccccc3N2S(=O)(=O)c2ccc(-c3cccc(C(F)(F)F)c3)cc2)cc1. The second-order valence-electron chi connectivity index (χ2n) is 10.4. The van der Waals surface area contributed by atoms with Gasteiger partial charge in [0.2, 0.25) is 5.91 Å². The number of sulfonamides is 1. The zero-order valence-electron chi connectivity index (χ0n) is 23.3. The molecule has 4 aromatic carbocycles. The molecule has 1 heterocycles. The Bertz CT molecular complexity index is 1770. The fraction of sp³-hybridized carbons (Fsp3) is 0.188. The van der Waals surface area contributed by atoms with E-state index in [0.29, 0.717) is 27.9 Å². The van der Waals surface area contributed by atoms with E-state index in [-0.39, 0.29) is 23.8 Å². The van der Waals surface area contributed by atoms with Crippen LogP contribution in [0.2, 0.25) is 0 Å². The Morgan fingerprint density at radius 1 is 0.884 bits per heavy atom. The van der Waals surface area contributed by atoms with Crippen molar-refractivity contribution in [2.75, 3.05) is 18.4 Å². The van der Waals surface area contributed by atoms with E-state index < -0.39 is 33.7 Å². The number of amides is 2. The number of hydrogen-bond acceptors (Lipinski definition) is 4. The smallest absolute Gasteiger partial charge is 0.350 e. The number of anilines is 1. The topological polar surface area (TPSA) is 86.8 Å². The van der Waals surface area contributed by atoms with E-state index in [9.17, 15) is 31.2 Å². The highest BCUT2D eigenvalue weighted by Gasteiger charge is 2.42. The zero-order chi connectivity index (χ0) is 30.9. The van der Waals surface area contributed by atoms with Crippen LogP contribution in [0.15, 0.2) is 102 Å². The molecule has 4 aromatic rings. The number of alkyl halides is 3. The first-order chi connectivity index (χ1) is 20.4. The third-order valence-corrected chi connectivity index (χ3v) is 9.07. The van der Waals surface area contributed by atoms with Crippen molar-refractivity contribution in [3.05, 3.63) is 119 Å². The zero-order valence-corrected chi connectivity index (χ0v) is 24.1. The average Bonchev–Trinajstić information content (AvgIpc) is 3.40. The summed E-state index contributed by atoms with van der Waals surface area (Å²) in [7, 11) is -0.926. The van der Waals surface area contributed by atoms with Gasteiger partial charge in [-0.25, -0.2) is 8.42 Å². The predicted molar refractivity (Wildman–Crippen MR) is 157 cm³/mol. The molecular weight excluding hydrogens is 579 g/mol. The lowest BCUT2D eigenvalue weighted by Gasteiger charge is -2.26. The molecule has 1 N–H and O–H groups in total. The van der Waals surface area contributed by atoms with Gasteiger partial charge in [-0.3, -0.25) is 13.9 Å². The molecular formula is C32H28F3N3O4S. The summed E-state index contributed by atoms with van der Waals surface area (Å²) >= 11 is 0. The van der Waals surface area contributed by atoms with Crippen LogP contribution in [0.5, 0.6) is 0 Å². The number of carbonyl (C=O) groups is 2. The first-order valence-electron chi connectivity index (χ1n) is 13.3. The Morgan fingerprint density at radius 2 is 1.56 bits per heavy atom. The summed E-state index contributed by atoms with van der Waals surface area (Å²) < 4.78 is 68.6. The summed E-state index contributed by atoms with van der Waals surface area (Å²) in [6.07, 6.45) is -4.34. The Hall–Kier alpha value is -4.64. The van der Waals surface area contributed by atoms with Crippen LogP contribution >= 0.6 is 0 Å². The van der Waals surface area contributed by atoms with Crippen LogP contribution in [-0.4, -0.2) is 45.3 Å². The molecule has 0 saturated heterocycles. The third kappa shape index (κ3) is 6.12. The van der Waals surface area contributed by atoms with Crippen molar-refractivity contribution >= 4 is 27.5 Å². The number of para-hydroxylation sites is 1. The van der Waals surface area contributed by atoms with Crippen molar-refractivity contribution in [2.45, 2.75) is 30.1 Å². The molecule has 1 aliphatic rings. The molecule has 1 atom stereocenters. The number of halogens is 3. The number of benzene rings is 4. The molecule has 0 aromatic heterocycles. The number of rotatable bonds is 7. The lowest BCUT2D eigenvalue weighted by molar-refractivity contribution is -0.137. The average molecular weight is 608 g/mol. The van der Waals surface area contributed by atoms with Crippen molar-refractivity contribution in [3.63, 3.8) is 0 Å². The van der Waals surface area contributed by atoms with Crippen LogP contribution in [0, 0.1) is 0 Å². The van der Waals surface area contributed by atoms with E-state index in [1.807, 2.05) is 0 Å². The van der Waals surface area contributed by atoms with Crippen molar-refractivity contribution < 1.29 is 31.2 Å². The van der Waals surface area contributed by atoms with Crippen LogP contribution in [0.3, 0.4) is 0 Å². The van der Waals surface area contributed by atoms with Gasteiger partial charge in [-0.15, -0.1) is 0 Å². The minimum absolute atomic E-state index is 0.0983. The van der Waals surface area contributed by atoms with Crippen molar-refractivity contribution in [2.24, 2.45) is 0 Å². The molecule has 0 fully saturated rings. The molecule has 0 aliphatic carbocycles. The third-order valence-electron chi connectivity index (χ3n) is 7.24. The first-order valence-corrected chi connectivity index (χ1v) is 14.8. The van der Waals surface area contributed by atoms with Gasteiger partial charge in [0.15, 0.2) is 0 Å². The van der Waals surface area contributed by atoms with Crippen molar-refractivity contribution in [3.8, 4) is 11.1 Å². The van der Waals surface area contributed by atoms with Crippen molar-refractivity contribution in [1.29, 1.82) is 0 Å². The summed E-state index contributed by atoms with van der Waals surface area (Å²) in [6.45, 7) is 0.127. The van der Waals surface area contributed by atoms with E-state index in [0.717, 1.165) is 22.0 Å². The highest BCUT2D eigenvalue weighted by atomic mass is 32.2. The number of carbonyl (C=O) groups excluding carboxylic acids is 2. The summed E-state index contributed by atoms with van der Waals surface area (Å²) in [5.74, 6) is -0.642. The number of nitrogens with zero attached hydrogens (tertiary/aromatic N) is 2. The van der Waals surface area contributed by atoms with Gasteiger partial charge in [0.25, 0.3) is 15.9 Å². The maximum Gasteiger partial charge on any atom is 0.416 e. The van der Waals surface area contributed by atoms with Crippen LogP contribution in [0.1, 0.15) is 27.0 Å². The Labute approximate surface area is 247 Å². The molecule has 0 radical (unpaired) electrons. The highest BCUT2D eigenvalue weighted by molar-refractivity contribution is 7.93. The Balaban J connectivity index is 1.38. The summed E-state index contributed by atoms with van der Waals surface area (Å²) in [5, 5.41) is 2.82. The second kappa shape index (κ2) is 11.6. The Kier molecular flexibility index (Phi) is 8.02. The summed E-state index contributed by atoms with van der Waals surface area (Å²) in [5.41, 5.74) is 2.22. The number of fused-ring (bicyclic) bond motifs is 1. The number of nitrogens with one attached hydrogen (secondary N) is 1. The lowest BCUT2D eigenvalue weighted by atomic mass is 10.0. The molecule has 2 amide bonds. The molecule has 0 saturated carbocycles. The normalized spacial score (nSPS) is 14.7. The second-order valence-corrected chi connectivity index (χ2v) is 12.2. The maximum absolute atomic E-state index is 13.9. The fourth-order valence-corrected chi connectivity index (χ4v) is 6.64. The summed E-state index contributed by atoms with van der Waals surface area (Å²) in [6, 6.07) is 22.9.